The van der Waals surface area contributed by atoms with Crippen LogP contribution < -0.4 is 0 Å². The molecule has 1 aromatic carbocycles. The lowest BCUT2D eigenvalue weighted by Crippen LogP contribution is -2.23. The van der Waals surface area contributed by atoms with Crippen molar-refractivity contribution in [3.63, 3.8) is 0 Å². The minimum Gasteiger partial charge on any atom is -0.204 e. The third-order valence-electron chi connectivity index (χ3n) is 6.06. The second-order valence-electron chi connectivity index (χ2n) is 7.59. The monoisotopic (exact) mass is 338 g/mol. The predicted octanol–water partition coefficient (Wildman–Crippen LogP) is 7.14. The van der Waals surface area contributed by atoms with Crippen LogP contribution in [-0.2, 0) is 0 Å². The minimum absolute atomic E-state index is 0. The molecule has 24 heavy (non-hydrogen) atoms. The van der Waals surface area contributed by atoms with E-state index in [9.17, 15) is 13.2 Å². The second-order valence-corrected chi connectivity index (χ2v) is 7.59. The lowest BCUT2D eigenvalue weighted by Gasteiger charge is -2.35. The van der Waals surface area contributed by atoms with Gasteiger partial charge in [-0.2, -0.15) is 0 Å². The molecule has 0 amide bonds. The quantitative estimate of drug-likeness (QED) is 0.512. The molecule has 2 aliphatic carbocycles. The van der Waals surface area contributed by atoms with E-state index < -0.39 is 17.5 Å². The fraction of sp³-hybridized carbons (Fsp3) is 0.619. The Bertz CT molecular complexity index is 580. The highest BCUT2D eigenvalue weighted by Crippen LogP contribution is 2.42. The molecule has 134 valence electrons. The van der Waals surface area contributed by atoms with Gasteiger partial charge in [0.2, 0.25) is 0 Å². The van der Waals surface area contributed by atoms with Gasteiger partial charge in [-0.1, -0.05) is 38.7 Å². The molecule has 0 aromatic heterocycles. The summed E-state index contributed by atoms with van der Waals surface area (Å²) >= 11 is 0. The summed E-state index contributed by atoms with van der Waals surface area (Å²) in [4.78, 5) is 0. The minimum atomic E-state index is -1.38. The maximum Gasteiger partial charge on any atom is 0.194 e. The molecular formula is C21H29F3. The van der Waals surface area contributed by atoms with Crippen LogP contribution in [0.3, 0.4) is 0 Å². The zero-order chi connectivity index (χ0) is 17.1. The lowest BCUT2D eigenvalue weighted by atomic mass is 9.70. The standard InChI is InChI=1S/C21H27F3.H2/c1-2-3-14-4-6-15(7-5-14)16-8-10-17(11-9-16)18-12-19(22)21(24)20(23)13-18;/h10,12-16H,2-9,11H2,1H3;1H. The number of allylic oxidation sites excluding steroid dienone is 2. The molecule has 0 spiro atoms. The van der Waals surface area contributed by atoms with E-state index in [4.69, 9.17) is 0 Å². The molecule has 0 bridgehead atoms. The highest BCUT2D eigenvalue weighted by Gasteiger charge is 2.28. The molecule has 0 radical (unpaired) electrons. The Hall–Kier alpha value is -1.25. The fourth-order valence-corrected chi connectivity index (χ4v) is 4.64. The van der Waals surface area contributed by atoms with Gasteiger partial charge >= 0.3 is 0 Å². The second kappa shape index (κ2) is 7.76. The number of benzene rings is 1. The summed E-state index contributed by atoms with van der Waals surface area (Å²) in [5, 5.41) is 0. The van der Waals surface area contributed by atoms with Crippen LogP contribution in [0, 0.1) is 35.2 Å². The maximum atomic E-state index is 13.4. The molecule has 1 saturated carbocycles. The van der Waals surface area contributed by atoms with E-state index in [0.29, 0.717) is 11.5 Å². The molecule has 1 unspecified atom stereocenters. The Balaban J connectivity index is 0.00000225. The highest BCUT2D eigenvalue weighted by molar-refractivity contribution is 5.66. The highest BCUT2D eigenvalue weighted by atomic mass is 19.2. The molecule has 0 N–H and O–H groups in total. The van der Waals surface area contributed by atoms with Gasteiger partial charge in [0, 0.05) is 1.43 Å². The summed E-state index contributed by atoms with van der Waals surface area (Å²) in [6.07, 6.45) is 13.1. The Kier molecular flexibility index (Phi) is 5.68. The summed E-state index contributed by atoms with van der Waals surface area (Å²) in [5.41, 5.74) is 1.46. The van der Waals surface area contributed by atoms with Crippen molar-refractivity contribution in [2.24, 2.45) is 17.8 Å². The lowest BCUT2D eigenvalue weighted by molar-refractivity contribution is 0.189. The van der Waals surface area contributed by atoms with E-state index in [0.717, 1.165) is 48.8 Å². The number of hydrogen-bond acceptors (Lipinski definition) is 0. The van der Waals surface area contributed by atoms with Gasteiger partial charge in [0.25, 0.3) is 0 Å². The molecule has 0 aliphatic heterocycles. The topological polar surface area (TPSA) is 0 Å². The average molecular weight is 338 g/mol. The van der Waals surface area contributed by atoms with Crippen LogP contribution >= 0.6 is 0 Å². The number of halogens is 3. The van der Waals surface area contributed by atoms with Crippen LogP contribution in [0.25, 0.3) is 5.57 Å². The Morgan fingerprint density at radius 3 is 2.17 bits per heavy atom. The van der Waals surface area contributed by atoms with Crippen LogP contribution in [-0.4, -0.2) is 0 Å². The normalized spacial score (nSPS) is 27.8. The predicted molar refractivity (Wildman–Crippen MR) is 94.1 cm³/mol. The first kappa shape index (κ1) is 17.6. The van der Waals surface area contributed by atoms with Crippen molar-refractivity contribution in [2.75, 3.05) is 0 Å². The summed E-state index contributed by atoms with van der Waals surface area (Å²) < 4.78 is 39.9. The van der Waals surface area contributed by atoms with E-state index >= 15 is 0 Å². The van der Waals surface area contributed by atoms with Crippen LogP contribution in [0.15, 0.2) is 18.2 Å². The number of hydrogen-bond donors (Lipinski definition) is 0. The zero-order valence-electron chi connectivity index (χ0n) is 14.5. The molecule has 1 atom stereocenters. The van der Waals surface area contributed by atoms with Crippen molar-refractivity contribution in [1.29, 1.82) is 0 Å². The van der Waals surface area contributed by atoms with Gasteiger partial charge < -0.3 is 0 Å². The molecule has 0 heterocycles. The van der Waals surface area contributed by atoms with Crippen LogP contribution in [0.5, 0.6) is 0 Å². The summed E-state index contributed by atoms with van der Waals surface area (Å²) in [6.45, 7) is 2.26. The molecule has 0 nitrogen and oxygen atoms in total. The summed E-state index contributed by atoms with van der Waals surface area (Å²) in [5.74, 6) is -1.14. The van der Waals surface area contributed by atoms with Crippen LogP contribution in [0.2, 0.25) is 0 Å². The van der Waals surface area contributed by atoms with Crippen molar-refractivity contribution in [3.8, 4) is 0 Å². The van der Waals surface area contributed by atoms with E-state index in [-0.39, 0.29) is 1.43 Å². The molecule has 2 aliphatic rings. The van der Waals surface area contributed by atoms with Crippen LogP contribution in [0.4, 0.5) is 13.2 Å². The SMILES string of the molecule is CCCC1CCC(C2CC=C(c3cc(F)c(F)c(F)c3)CC2)CC1.[HH]. The first-order valence-electron chi connectivity index (χ1n) is 9.42. The van der Waals surface area contributed by atoms with Crippen molar-refractivity contribution in [2.45, 2.75) is 64.7 Å². The summed E-state index contributed by atoms with van der Waals surface area (Å²) in [7, 11) is 0. The van der Waals surface area contributed by atoms with E-state index in [1.165, 1.54) is 38.5 Å². The van der Waals surface area contributed by atoms with Crippen LogP contribution in [0.1, 0.15) is 71.7 Å². The molecule has 1 aromatic rings. The summed E-state index contributed by atoms with van der Waals surface area (Å²) in [6, 6.07) is 2.25. The Labute approximate surface area is 144 Å². The van der Waals surface area contributed by atoms with E-state index in [1.54, 1.807) is 0 Å². The molecule has 3 heteroatoms. The van der Waals surface area contributed by atoms with Gasteiger partial charge in [-0.25, -0.2) is 13.2 Å². The maximum absolute atomic E-state index is 13.4. The Morgan fingerprint density at radius 1 is 0.958 bits per heavy atom. The van der Waals surface area contributed by atoms with Crippen molar-refractivity contribution in [3.05, 3.63) is 41.2 Å². The average Bonchev–Trinajstić information content (AvgIpc) is 2.60. The van der Waals surface area contributed by atoms with Crippen molar-refractivity contribution < 1.29 is 14.6 Å². The molecule has 3 rings (SSSR count). The molecule has 0 saturated heterocycles. The third kappa shape index (κ3) is 3.87. The van der Waals surface area contributed by atoms with Gasteiger partial charge in [-0.15, -0.1) is 0 Å². The Morgan fingerprint density at radius 2 is 1.62 bits per heavy atom. The molecular weight excluding hydrogens is 309 g/mol. The molecule has 1 fully saturated rings. The van der Waals surface area contributed by atoms with Gasteiger partial charge in [-0.3, -0.25) is 0 Å². The van der Waals surface area contributed by atoms with E-state index in [1.807, 2.05) is 0 Å². The van der Waals surface area contributed by atoms with Crippen molar-refractivity contribution in [1.82, 2.24) is 0 Å². The third-order valence-corrected chi connectivity index (χ3v) is 6.06. The fourth-order valence-electron chi connectivity index (χ4n) is 4.64. The zero-order valence-corrected chi connectivity index (χ0v) is 14.5. The first-order valence-corrected chi connectivity index (χ1v) is 9.42. The van der Waals surface area contributed by atoms with E-state index in [2.05, 4.69) is 13.0 Å². The van der Waals surface area contributed by atoms with Gasteiger partial charge in [0.15, 0.2) is 17.5 Å². The van der Waals surface area contributed by atoms with Crippen molar-refractivity contribution >= 4 is 5.57 Å². The van der Waals surface area contributed by atoms with Gasteiger partial charge in [0.1, 0.15) is 0 Å². The first-order chi connectivity index (χ1) is 11.6. The smallest absolute Gasteiger partial charge is 0.194 e. The van der Waals surface area contributed by atoms with Gasteiger partial charge in [-0.05, 0) is 73.1 Å². The largest absolute Gasteiger partial charge is 0.204 e. The number of rotatable bonds is 4. The van der Waals surface area contributed by atoms with Gasteiger partial charge in [0.05, 0.1) is 0 Å².